The van der Waals surface area contributed by atoms with Gasteiger partial charge in [0.2, 0.25) is 0 Å². The summed E-state index contributed by atoms with van der Waals surface area (Å²) in [6.07, 6.45) is 9.77. The predicted molar refractivity (Wildman–Crippen MR) is 149 cm³/mol. The summed E-state index contributed by atoms with van der Waals surface area (Å²) in [5, 5.41) is 2.71. The first-order chi connectivity index (χ1) is 15.4. The highest BCUT2D eigenvalue weighted by atomic mass is 28.1. The zero-order valence-electron chi connectivity index (χ0n) is 21.3. The molecular weight excluding hydrogens is 424 g/mol. The van der Waals surface area contributed by atoms with Gasteiger partial charge in [0, 0.05) is 20.5 Å². The molecule has 0 heterocycles. The number of hydrogen-bond acceptors (Lipinski definition) is 2. The molecule has 2 aromatic rings. The fourth-order valence-corrected chi connectivity index (χ4v) is 5.94. The molecule has 0 spiro atoms. The maximum Gasteiger partial charge on any atom is 0.119 e. The van der Waals surface area contributed by atoms with E-state index in [-0.39, 0.29) is 0 Å². The SMILES string of the molecule is C=C(c1ccc(OC(CCC)CCC)cc1[SiH3])c1ccc(OC(CCC)CCC)cc1[SiH3]. The maximum absolute atomic E-state index is 6.32. The zero-order valence-corrected chi connectivity index (χ0v) is 25.3. The van der Waals surface area contributed by atoms with Crippen LogP contribution in [0, 0.1) is 0 Å². The van der Waals surface area contributed by atoms with Crippen LogP contribution in [0.3, 0.4) is 0 Å². The molecule has 0 aliphatic rings. The van der Waals surface area contributed by atoms with Gasteiger partial charge < -0.3 is 9.47 Å². The minimum absolute atomic E-state index is 0.324. The van der Waals surface area contributed by atoms with E-state index in [9.17, 15) is 0 Å². The lowest BCUT2D eigenvalue weighted by molar-refractivity contribution is 0.178. The van der Waals surface area contributed by atoms with Crippen molar-refractivity contribution in [3.8, 4) is 11.5 Å². The van der Waals surface area contributed by atoms with Gasteiger partial charge in [-0.2, -0.15) is 0 Å². The molecular formula is C28H44O2Si2. The van der Waals surface area contributed by atoms with Crippen LogP contribution in [-0.4, -0.2) is 32.7 Å². The molecule has 0 radical (unpaired) electrons. The molecule has 0 aromatic heterocycles. The number of hydrogen-bond donors (Lipinski definition) is 0. The summed E-state index contributed by atoms with van der Waals surface area (Å²) in [6.45, 7) is 13.4. The Labute approximate surface area is 202 Å². The van der Waals surface area contributed by atoms with Gasteiger partial charge in [0.05, 0.1) is 12.2 Å². The normalized spacial score (nSPS) is 11.4. The third-order valence-electron chi connectivity index (χ3n) is 6.09. The maximum atomic E-state index is 6.32. The van der Waals surface area contributed by atoms with Crippen molar-refractivity contribution in [3.05, 3.63) is 54.1 Å². The number of benzene rings is 2. The fourth-order valence-electron chi connectivity index (χ4n) is 4.44. The van der Waals surface area contributed by atoms with E-state index in [1.165, 1.54) is 21.5 Å². The van der Waals surface area contributed by atoms with Crippen molar-refractivity contribution in [3.63, 3.8) is 0 Å². The molecule has 176 valence electrons. The van der Waals surface area contributed by atoms with Crippen LogP contribution in [0.2, 0.25) is 0 Å². The van der Waals surface area contributed by atoms with E-state index in [2.05, 4.69) is 70.7 Å². The van der Waals surface area contributed by atoms with E-state index in [1.807, 2.05) is 0 Å². The highest BCUT2D eigenvalue weighted by molar-refractivity contribution is 6.37. The smallest absolute Gasteiger partial charge is 0.119 e. The van der Waals surface area contributed by atoms with E-state index >= 15 is 0 Å². The summed E-state index contributed by atoms with van der Waals surface area (Å²) < 4.78 is 12.6. The third-order valence-corrected chi connectivity index (χ3v) is 7.75. The Morgan fingerprint density at radius 3 is 1.31 bits per heavy atom. The first-order valence-electron chi connectivity index (χ1n) is 12.7. The van der Waals surface area contributed by atoms with Crippen molar-refractivity contribution in [2.45, 2.75) is 91.3 Å². The van der Waals surface area contributed by atoms with Crippen LogP contribution in [0.5, 0.6) is 11.5 Å². The molecule has 0 bridgehead atoms. The summed E-state index contributed by atoms with van der Waals surface area (Å²) in [7, 11) is 1.94. The van der Waals surface area contributed by atoms with Gasteiger partial charge in [0.1, 0.15) is 11.5 Å². The molecule has 0 unspecified atom stereocenters. The lowest BCUT2D eigenvalue weighted by atomic mass is 9.99. The molecule has 0 saturated heterocycles. The highest BCUT2D eigenvalue weighted by Crippen LogP contribution is 2.25. The minimum Gasteiger partial charge on any atom is -0.490 e. The summed E-state index contributed by atoms with van der Waals surface area (Å²) in [6, 6.07) is 13.1. The Hall–Kier alpha value is -1.79. The lowest BCUT2D eigenvalue weighted by Crippen LogP contribution is -2.19. The first-order valence-corrected chi connectivity index (χ1v) is 14.7. The van der Waals surface area contributed by atoms with E-state index in [4.69, 9.17) is 9.47 Å². The van der Waals surface area contributed by atoms with Gasteiger partial charge in [0.15, 0.2) is 0 Å². The van der Waals surface area contributed by atoms with Crippen molar-refractivity contribution in [1.29, 1.82) is 0 Å². The predicted octanol–water partition coefficient (Wildman–Crippen LogP) is 4.42. The topological polar surface area (TPSA) is 18.5 Å². The molecule has 0 aliphatic heterocycles. The summed E-state index contributed by atoms with van der Waals surface area (Å²) in [5.41, 5.74) is 3.63. The monoisotopic (exact) mass is 468 g/mol. The van der Waals surface area contributed by atoms with Gasteiger partial charge in [0.25, 0.3) is 0 Å². The molecule has 0 atom stereocenters. The van der Waals surface area contributed by atoms with Crippen LogP contribution in [0.15, 0.2) is 43.0 Å². The van der Waals surface area contributed by atoms with Gasteiger partial charge in [-0.05, 0) is 66.6 Å². The van der Waals surface area contributed by atoms with Gasteiger partial charge in [-0.3, -0.25) is 0 Å². The van der Waals surface area contributed by atoms with E-state index < -0.39 is 0 Å². The van der Waals surface area contributed by atoms with Crippen molar-refractivity contribution in [2.24, 2.45) is 0 Å². The summed E-state index contributed by atoms with van der Waals surface area (Å²) in [5.74, 6) is 2.01. The summed E-state index contributed by atoms with van der Waals surface area (Å²) >= 11 is 0. The number of rotatable bonds is 14. The highest BCUT2D eigenvalue weighted by Gasteiger charge is 2.14. The van der Waals surface area contributed by atoms with Crippen LogP contribution < -0.4 is 19.8 Å². The fraction of sp³-hybridized carbons (Fsp3) is 0.500. The molecule has 0 aliphatic carbocycles. The molecule has 2 rings (SSSR count). The van der Waals surface area contributed by atoms with Crippen LogP contribution in [0.25, 0.3) is 5.57 Å². The van der Waals surface area contributed by atoms with Gasteiger partial charge in [-0.1, -0.05) is 82.5 Å². The van der Waals surface area contributed by atoms with Gasteiger partial charge in [-0.25, -0.2) is 0 Å². The van der Waals surface area contributed by atoms with Crippen molar-refractivity contribution in [2.75, 3.05) is 0 Å². The Morgan fingerprint density at radius 1 is 0.688 bits per heavy atom. The second-order valence-electron chi connectivity index (χ2n) is 9.07. The van der Waals surface area contributed by atoms with Crippen LogP contribution >= 0.6 is 0 Å². The Morgan fingerprint density at radius 2 is 1.03 bits per heavy atom. The third kappa shape index (κ3) is 7.66. The Balaban J connectivity index is 2.16. The van der Waals surface area contributed by atoms with Crippen molar-refractivity contribution >= 4 is 36.4 Å². The van der Waals surface area contributed by atoms with E-state index in [1.54, 1.807) is 0 Å². The second kappa shape index (κ2) is 13.7. The molecule has 2 nitrogen and oxygen atoms in total. The first kappa shape index (κ1) is 26.5. The van der Waals surface area contributed by atoms with Crippen molar-refractivity contribution in [1.82, 2.24) is 0 Å². The molecule has 0 saturated carbocycles. The minimum atomic E-state index is 0.324. The van der Waals surface area contributed by atoms with Crippen LogP contribution in [0.1, 0.15) is 90.2 Å². The molecule has 4 heteroatoms. The molecule has 0 fully saturated rings. The number of ether oxygens (including phenoxy) is 2. The van der Waals surface area contributed by atoms with E-state index in [0.29, 0.717) is 12.2 Å². The van der Waals surface area contributed by atoms with Crippen LogP contribution in [0.4, 0.5) is 0 Å². The van der Waals surface area contributed by atoms with Crippen LogP contribution in [-0.2, 0) is 0 Å². The molecule has 0 N–H and O–H groups in total. The molecule has 32 heavy (non-hydrogen) atoms. The lowest BCUT2D eigenvalue weighted by Gasteiger charge is -2.21. The Bertz CT molecular complexity index is 781. The van der Waals surface area contributed by atoms with Gasteiger partial charge >= 0.3 is 0 Å². The average molecular weight is 469 g/mol. The summed E-state index contributed by atoms with van der Waals surface area (Å²) in [4.78, 5) is 0. The average Bonchev–Trinajstić information content (AvgIpc) is 2.74. The zero-order chi connectivity index (χ0) is 23.5. The largest absolute Gasteiger partial charge is 0.490 e. The second-order valence-corrected chi connectivity index (χ2v) is 11.2. The van der Waals surface area contributed by atoms with Gasteiger partial charge in [-0.15, -0.1) is 0 Å². The van der Waals surface area contributed by atoms with E-state index in [0.717, 1.165) is 88.9 Å². The van der Waals surface area contributed by atoms with Crippen molar-refractivity contribution < 1.29 is 9.47 Å². The standard InChI is InChI=1S/C28H44O2Si2/c1-6-10-21(11-7-2)29-23-14-16-25(27(31)18-23)20(5)26-17-15-24(19-28(26)32)30-22(12-8-3)13-9-4/h14-19,21-22H,5-13H2,1-4,31-32H3. The molecule has 2 aromatic carbocycles. The molecule has 0 amide bonds. The quantitative estimate of drug-likeness (QED) is 0.382. The Kier molecular flexibility index (Phi) is 11.3.